The summed E-state index contributed by atoms with van der Waals surface area (Å²) in [7, 11) is 2.67. The normalized spacial score (nSPS) is 14.2. The van der Waals surface area contributed by atoms with Crippen LogP contribution in [-0.4, -0.2) is 31.1 Å². The molecule has 0 fully saturated rings. The van der Waals surface area contributed by atoms with Gasteiger partial charge in [0, 0.05) is 23.4 Å². The molecule has 2 aromatic carbocycles. The van der Waals surface area contributed by atoms with E-state index >= 15 is 0 Å². The standard InChI is InChI=1S/C22H20BrNO4/c1-27-21(25)18-13-24(12-15-6-4-3-5-7-15)14-19(22(26)28-2)20(18)16-8-10-17(23)11-9-16/h3-11,13-14,20H,12H2,1-2H3. The topological polar surface area (TPSA) is 55.8 Å². The van der Waals surface area contributed by atoms with E-state index in [4.69, 9.17) is 9.47 Å². The fourth-order valence-corrected chi connectivity index (χ4v) is 3.45. The second-order valence-electron chi connectivity index (χ2n) is 6.29. The van der Waals surface area contributed by atoms with Crippen LogP contribution < -0.4 is 0 Å². The van der Waals surface area contributed by atoms with Gasteiger partial charge in [-0.25, -0.2) is 9.59 Å². The summed E-state index contributed by atoms with van der Waals surface area (Å²) >= 11 is 3.41. The van der Waals surface area contributed by atoms with Crippen molar-refractivity contribution in [1.82, 2.24) is 4.90 Å². The number of hydrogen-bond donors (Lipinski definition) is 0. The summed E-state index contributed by atoms with van der Waals surface area (Å²) < 4.78 is 10.9. The molecule has 6 heteroatoms. The molecule has 1 aliphatic heterocycles. The maximum Gasteiger partial charge on any atom is 0.336 e. The molecule has 0 spiro atoms. The first-order valence-corrected chi connectivity index (χ1v) is 9.48. The first-order chi connectivity index (χ1) is 13.5. The van der Waals surface area contributed by atoms with Crippen LogP contribution in [0.2, 0.25) is 0 Å². The van der Waals surface area contributed by atoms with Gasteiger partial charge in [0.15, 0.2) is 0 Å². The summed E-state index contributed by atoms with van der Waals surface area (Å²) in [5.74, 6) is -1.54. The molecule has 1 aliphatic rings. The average molecular weight is 442 g/mol. The molecule has 144 valence electrons. The Morgan fingerprint density at radius 2 is 1.43 bits per heavy atom. The molecule has 0 unspecified atom stereocenters. The van der Waals surface area contributed by atoms with Crippen molar-refractivity contribution in [1.29, 1.82) is 0 Å². The van der Waals surface area contributed by atoms with Gasteiger partial charge in [-0.15, -0.1) is 0 Å². The van der Waals surface area contributed by atoms with E-state index in [9.17, 15) is 9.59 Å². The summed E-state index contributed by atoms with van der Waals surface area (Å²) in [4.78, 5) is 26.9. The largest absolute Gasteiger partial charge is 0.466 e. The molecule has 1 heterocycles. The van der Waals surface area contributed by atoms with Gasteiger partial charge in [0.05, 0.1) is 31.3 Å². The second-order valence-corrected chi connectivity index (χ2v) is 7.21. The van der Waals surface area contributed by atoms with Crippen molar-refractivity contribution < 1.29 is 19.1 Å². The van der Waals surface area contributed by atoms with E-state index in [1.807, 2.05) is 59.5 Å². The molecule has 0 aliphatic carbocycles. The summed E-state index contributed by atoms with van der Waals surface area (Å²) in [6.45, 7) is 0.509. The molecule has 0 aromatic heterocycles. The highest BCUT2D eigenvalue weighted by molar-refractivity contribution is 9.10. The number of halogens is 1. The lowest BCUT2D eigenvalue weighted by Gasteiger charge is -2.30. The van der Waals surface area contributed by atoms with Crippen molar-refractivity contribution in [3.63, 3.8) is 0 Å². The molecular formula is C22H20BrNO4. The van der Waals surface area contributed by atoms with Crippen LogP contribution in [0.1, 0.15) is 17.0 Å². The van der Waals surface area contributed by atoms with Crippen molar-refractivity contribution >= 4 is 27.9 Å². The van der Waals surface area contributed by atoms with Crippen LogP contribution in [0.4, 0.5) is 0 Å². The Hall–Kier alpha value is -2.86. The molecule has 0 N–H and O–H groups in total. The third-order valence-electron chi connectivity index (χ3n) is 4.49. The number of nitrogens with zero attached hydrogens (tertiary/aromatic N) is 1. The lowest BCUT2D eigenvalue weighted by Crippen LogP contribution is -2.28. The summed E-state index contributed by atoms with van der Waals surface area (Å²) in [5.41, 5.74) is 2.61. The Balaban J connectivity index is 2.07. The van der Waals surface area contributed by atoms with Gasteiger partial charge < -0.3 is 14.4 Å². The van der Waals surface area contributed by atoms with Gasteiger partial charge in [-0.2, -0.15) is 0 Å². The highest BCUT2D eigenvalue weighted by Gasteiger charge is 2.35. The molecule has 28 heavy (non-hydrogen) atoms. The molecule has 0 atom stereocenters. The summed E-state index contributed by atoms with van der Waals surface area (Å²) in [5, 5.41) is 0. The number of carbonyl (C=O) groups excluding carboxylic acids is 2. The highest BCUT2D eigenvalue weighted by Crippen LogP contribution is 2.37. The summed E-state index contributed by atoms with van der Waals surface area (Å²) in [6.07, 6.45) is 3.47. The number of carbonyl (C=O) groups is 2. The van der Waals surface area contributed by atoms with Crippen molar-refractivity contribution in [2.75, 3.05) is 14.2 Å². The predicted molar refractivity (Wildman–Crippen MR) is 109 cm³/mol. The van der Waals surface area contributed by atoms with Crippen LogP contribution in [0.25, 0.3) is 0 Å². The summed E-state index contributed by atoms with van der Waals surface area (Å²) in [6, 6.07) is 17.3. The molecule has 0 saturated heterocycles. The predicted octanol–water partition coefficient (Wildman–Crippen LogP) is 4.16. The van der Waals surface area contributed by atoms with Crippen molar-refractivity contribution in [3.05, 3.63) is 93.7 Å². The quantitative estimate of drug-likeness (QED) is 0.651. The minimum Gasteiger partial charge on any atom is -0.466 e. The Morgan fingerprint density at radius 3 is 1.93 bits per heavy atom. The van der Waals surface area contributed by atoms with Gasteiger partial charge in [0.1, 0.15) is 0 Å². The molecule has 3 rings (SSSR count). The molecular weight excluding hydrogens is 422 g/mol. The van der Waals surface area contributed by atoms with Crippen LogP contribution in [0.3, 0.4) is 0 Å². The van der Waals surface area contributed by atoms with Gasteiger partial charge in [0.2, 0.25) is 0 Å². The smallest absolute Gasteiger partial charge is 0.336 e. The van der Waals surface area contributed by atoms with Gasteiger partial charge in [-0.1, -0.05) is 58.4 Å². The highest BCUT2D eigenvalue weighted by atomic mass is 79.9. The van der Waals surface area contributed by atoms with Crippen molar-refractivity contribution in [3.8, 4) is 0 Å². The SMILES string of the molecule is COC(=O)C1=CN(Cc2ccccc2)C=C(C(=O)OC)C1c1ccc(Br)cc1. The van der Waals surface area contributed by atoms with E-state index < -0.39 is 17.9 Å². The van der Waals surface area contributed by atoms with Gasteiger partial charge in [0.25, 0.3) is 0 Å². The number of ether oxygens (including phenoxy) is 2. The zero-order chi connectivity index (χ0) is 20.1. The van der Waals surface area contributed by atoms with Crippen LogP contribution in [0.15, 0.2) is 82.6 Å². The lowest BCUT2D eigenvalue weighted by atomic mass is 9.83. The third kappa shape index (κ3) is 4.34. The Kier molecular flexibility index (Phi) is 6.31. The fraction of sp³-hybridized carbons (Fsp3) is 0.182. The number of benzene rings is 2. The first kappa shape index (κ1) is 19.9. The molecule has 5 nitrogen and oxygen atoms in total. The van der Waals surface area contributed by atoms with Gasteiger partial charge in [-0.3, -0.25) is 0 Å². The zero-order valence-electron chi connectivity index (χ0n) is 15.6. The second kappa shape index (κ2) is 8.89. The van der Waals surface area contributed by atoms with Gasteiger partial charge in [-0.05, 0) is 23.3 Å². The van der Waals surface area contributed by atoms with Crippen LogP contribution >= 0.6 is 15.9 Å². The Labute approximate surface area is 172 Å². The minimum atomic E-state index is -0.569. The molecule has 2 aromatic rings. The zero-order valence-corrected chi connectivity index (χ0v) is 17.2. The number of hydrogen-bond acceptors (Lipinski definition) is 5. The van der Waals surface area contributed by atoms with Crippen LogP contribution in [0, 0.1) is 0 Å². The van der Waals surface area contributed by atoms with Crippen LogP contribution in [0.5, 0.6) is 0 Å². The minimum absolute atomic E-state index is 0.378. The van der Waals surface area contributed by atoms with E-state index in [1.165, 1.54) is 14.2 Å². The number of rotatable bonds is 5. The third-order valence-corrected chi connectivity index (χ3v) is 5.01. The maximum atomic E-state index is 12.6. The van der Waals surface area contributed by atoms with E-state index in [0.717, 1.165) is 15.6 Å². The van der Waals surface area contributed by atoms with E-state index in [0.29, 0.717) is 17.7 Å². The lowest BCUT2D eigenvalue weighted by molar-refractivity contribution is -0.137. The van der Waals surface area contributed by atoms with E-state index in [-0.39, 0.29) is 0 Å². The molecule has 0 amide bonds. The van der Waals surface area contributed by atoms with Gasteiger partial charge >= 0.3 is 11.9 Å². The fourth-order valence-electron chi connectivity index (χ4n) is 3.19. The van der Waals surface area contributed by atoms with E-state index in [2.05, 4.69) is 15.9 Å². The number of esters is 2. The maximum absolute atomic E-state index is 12.6. The first-order valence-electron chi connectivity index (χ1n) is 8.68. The Bertz CT molecular complexity index is 885. The monoisotopic (exact) mass is 441 g/mol. The van der Waals surface area contributed by atoms with E-state index in [1.54, 1.807) is 12.4 Å². The number of methoxy groups -OCH3 is 2. The average Bonchev–Trinajstić information content (AvgIpc) is 2.73. The molecule has 0 bridgehead atoms. The molecule has 0 radical (unpaired) electrons. The molecule has 0 saturated carbocycles. The van der Waals surface area contributed by atoms with Crippen LogP contribution in [-0.2, 0) is 25.6 Å². The van der Waals surface area contributed by atoms with Crippen molar-refractivity contribution in [2.45, 2.75) is 12.5 Å². The van der Waals surface area contributed by atoms with Crippen molar-refractivity contribution in [2.24, 2.45) is 0 Å². The Morgan fingerprint density at radius 1 is 0.893 bits per heavy atom.